The van der Waals surface area contributed by atoms with Crippen molar-refractivity contribution in [3.05, 3.63) is 58.7 Å². The van der Waals surface area contributed by atoms with Gasteiger partial charge in [-0.25, -0.2) is 0 Å². The number of aliphatic hydroxyl groups is 1. The van der Waals surface area contributed by atoms with Crippen LogP contribution < -0.4 is 9.64 Å². The van der Waals surface area contributed by atoms with Crippen LogP contribution in [0.25, 0.3) is 0 Å². The molecule has 1 fully saturated rings. The third-order valence-corrected chi connectivity index (χ3v) is 5.73. The molecule has 3 rings (SSSR count). The number of nitrogens with zero attached hydrogens (tertiary/aromatic N) is 2. The van der Waals surface area contributed by atoms with E-state index >= 15 is 0 Å². The number of ketones is 1. The molecule has 1 aliphatic rings. The minimum absolute atomic E-state index is 0.122. The number of aryl methyl sites for hydroxylation is 3. The van der Waals surface area contributed by atoms with Gasteiger partial charge >= 0.3 is 0 Å². The van der Waals surface area contributed by atoms with E-state index < -0.39 is 6.10 Å². The second-order valence-corrected chi connectivity index (χ2v) is 8.30. The zero-order chi connectivity index (χ0) is 21.7. The standard InChI is InChI=1S/C25H34N2O3/c1-5-24(29)21-6-8-23(9-7-21)30-17-22(28)16-26-10-12-27(13-11-26)25-19(3)14-18(2)15-20(25)4/h6-9,14-15,22,28H,5,10-13,16-17H2,1-4H3. The molecule has 1 saturated heterocycles. The van der Waals surface area contributed by atoms with Gasteiger partial charge < -0.3 is 14.7 Å². The van der Waals surface area contributed by atoms with E-state index in [0.717, 1.165) is 26.2 Å². The van der Waals surface area contributed by atoms with Crippen LogP contribution >= 0.6 is 0 Å². The number of benzene rings is 2. The lowest BCUT2D eigenvalue weighted by atomic mass is 10.0. The van der Waals surface area contributed by atoms with Crippen LogP contribution in [0.3, 0.4) is 0 Å². The SMILES string of the molecule is CCC(=O)c1ccc(OCC(O)CN2CCN(c3c(C)cc(C)cc3C)CC2)cc1. The molecule has 0 aliphatic carbocycles. The van der Waals surface area contributed by atoms with Gasteiger partial charge in [-0.3, -0.25) is 9.69 Å². The molecule has 2 aromatic carbocycles. The van der Waals surface area contributed by atoms with Crippen molar-refractivity contribution in [1.82, 2.24) is 4.90 Å². The van der Waals surface area contributed by atoms with E-state index in [1.54, 1.807) is 24.3 Å². The van der Waals surface area contributed by atoms with E-state index in [9.17, 15) is 9.90 Å². The fraction of sp³-hybridized carbons (Fsp3) is 0.480. The number of anilines is 1. The molecule has 0 radical (unpaired) electrons. The number of carbonyl (C=O) groups is 1. The molecule has 0 amide bonds. The highest BCUT2D eigenvalue weighted by Gasteiger charge is 2.21. The Kier molecular flexibility index (Phi) is 7.51. The second kappa shape index (κ2) is 10.1. The lowest BCUT2D eigenvalue weighted by molar-refractivity contribution is 0.0662. The normalized spacial score (nSPS) is 15.8. The summed E-state index contributed by atoms with van der Waals surface area (Å²) in [5, 5.41) is 10.4. The molecule has 1 N–H and O–H groups in total. The first-order chi connectivity index (χ1) is 14.4. The molecule has 1 atom stereocenters. The molecule has 0 saturated carbocycles. The minimum Gasteiger partial charge on any atom is -0.491 e. The molecule has 1 heterocycles. The summed E-state index contributed by atoms with van der Waals surface area (Å²) in [5.74, 6) is 0.800. The maximum Gasteiger partial charge on any atom is 0.162 e. The van der Waals surface area contributed by atoms with Gasteiger partial charge in [0.15, 0.2) is 5.78 Å². The van der Waals surface area contributed by atoms with Crippen molar-refractivity contribution in [2.24, 2.45) is 0 Å². The first kappa shape index (κ1) is 22.3. The number of aliphatic hydroxyl groups excluding tert-OH is 1. The fourth-order valence-electron chi connectivity index (χ4n) is 4.31. The lowest BCUT2D eigenvalue weighted by Crippen LogP contribution is -2.49. The van der Waals surface area contributed by atoms with Crippen LogP contribution in [0.2, 0.25) is 0 Å². The zero-order valence-electron chi connectivity index (χ0n) is 18.6. The highest BCUT2D eigenvalue weighted by atomic mass is 16.5. The number of β-amino-alcohol motifs (C(OH)–C–C–N with tert-alkyl or cyclic N) is 1. The molecule has 2 aromatic rings. The maximum atomic E-state index is 11.7. The summed E-state index contributed by atoms with van der Waals surface area (Å²) in [6.07, 6.45) is -0.0498. The zero-order valence-corrected chi connectivity index (χ0v) is 18.6. The maximum absolute atomic E-state index is 11.7. The largest absolute Gasteiger partial charge is 0.491 e. The molecule has 30 heavy (non-hydrogen) atoms. The Bertz CT molecular complexity index is 832. The molecule has 5 heteroatoms. The first-order valence-corrected chi connectivity index (χ1v) is 10.9. The Morgan fingerprint density at radius 1 is 1.03 bits per heavy atom. The molecule has 0 bridgehead atoms. The molecule has 5 nitrogen and oxygen atoms in total. The molecule has 162 valence electrons. The molecular weight excluding hydrogens is 376 g/mol. The van der Waals surface area contributed by atoms with Gasteiger partial charge in [0.05, 0.1) is 0 Å². The van der Waals surface area contributed by atoms with Crippen molar-refractivity contribution in [2.75, 3.05) is 44.2 Å². The van der Waals surface area contributed by atoms with Crippen molar-refractivity contribution in [3.8, 4) is 5.75 Å². The number of Topliss-reactive ketones (excluding diaryl/α,β-unsaturated/α-hetero) is 1. The van der Waals surface area contributed by atoms with Crippen LogP contribution in [0.4, 0.5) is 5.69 Å². The van der Waals surface area contributed by atoms with Crippen molar-refractivity contribution in [2.45, 2.75) is 40.2 Å². The van der Waals surface area contributed by atoms with E-state index in [1.165, 1.54) is 22.4 Å². The summed E-state index contributed by atoms with van der Waals surface area (Å²) in [6, 6.07) is 11.6. The third kappa shape index (κ3) is 5.61. The summed E-state index contributed by atoms with van der Waals surface area (Å²) in [5.41, 5.74) is 6.03. The Hall–Kier alpha value is -2.37. The van der Waals surface area contributed by atoms with E-state index in [1.807, 2.05) is 6.92 Å². The van der Waals surface area contributed by atoms with Crippen LogP contribution in [0.5, 0.6) is 5.75 Å². The van der Waals surface area contributed by atoms with Gasteiger partial charge in [-0.05, 0) is 56.2 Å². The van der Waals surface area contributed by atoms with Gasteiger partial charge in [-0.15, -0.1) is 0 Å². The second-order valence-electron chi connectivity index (χ2n) is 8.30. The number of carbonyl (C=O) groups excluding carboxylic acids is 1. The number of piperazine rings is 1. The molecule has 1 aliphatic heterocycles. The summed E-state index contributed by atoms with van der Waals surface area (Å²) in [6.45, 7) is 13.0. The van der Waals surface area contributed by atoms with E-state index in [2.05, 4.69) is 42.7 Å². The average molecular weight is 411 g/mol. The summed E-state index contributed by atoms with van der Waals surface area (Å²) >= 11 is 0. The first-order valence-electron chi connectivity index (χ1n) is 10.9. The van der Waals surface area contributed by atoms with Crippen molar-refractivity contribution in [3.63, 3.8) is 0 Å². The summed E-state index contributed by atoms with van der Waals surface area (Å²) in [7, 11) is 0. The van der Waals surface area contributed by atoms with Crippen molar-refractivity contribution < 1.29 is 14.6 Å². The molecule has 0 aromatic heterocycles. The van der Waals surface area contributed by atoms with Crippen molar-refractivity contribution in [1.29, 1.82) is 0 Å². The smallest absolute Gasteiger partial charge is 0.162 e. The number of hydrogen-bond donors (Lipinski definition) is 1. The quantitative estimate of drug-likeness (QED) is 0.672. The van der Waals surface area contributed by atoms with Crippen LogP contribution in [0.15, 0.2) is 36.4 Å². The molecule has 0 spiro atoms. The third-order valence-electron chi connectivity index (χ3n) is 5.73. The van der Waals surface area contributed by atoms with Gasteiger partial charge in [-0.2, -0.15) is 0 Å². The van der Waals surface area contributed by atoms with E-state index in [0.29, 0.717) is 24.3 Å². The Labute approximate surface area is 180 Å². The summed E-state index contributed by atoms with van der Waals surface area (Å²) < 4.78 is 5.71. The van der Waals surface area contributed by atoms with E-state index in [-0.39, 0.29) is 12.4 Å². The predicted molar refractivity (Wildman–Crippen MR) is 122 cm³/mol. The van der Waals surface area contributed by atoms with Gasteiger partial charge in [0, 0.05) is 50.4 Å². The summed E-state index contributed by atoms with van der Waals surface area (Å²) in [4.78, 5) is 16.4. The Morgan fingerprint density at radius 3 is 2.20 bits per heavy atom. The fourth-order valence-corrected chi connectivity index (χ4v) is 4.31. The van der Waals surface area contributed by atoms with Gasteiger partial charge in [-0.1, -0.05) is 24.6 Å². The van der Waals surface area contributed by atoms with Crippen molar-refractivity contribution >= 4 is 11.5 Å². The topological polar surface area (TPSA) is 53.0 Å². The van der Waals surface area contributed by atoms with Crippen LogP contribution in [-0.4, -0.2) is 61.2 Å². The van der Waals surface area contributed by atoms with Crippen LogP contribution in [0.1, 0.15) is 40.4 Å². The highest BCUT2D eigenvalue weighted by molar-refractivity contribution is 5.95. The van der Waals surface area contributed by atoms with Gasteiger partial charge in [0.2, 0.25) is 0 Å². The van der Waals surface area contributed by atoms with Gasteiger partial charge in [0.1, 0.15) is 18.5 Å². The average Bonchev–Trinajstić information content (AvgIpc) is 2.72. The number of ether oxygens (including phenoxy) is 1. The number of hydrogen-bond acceptors (Lipinski definition) is 5. The van der Waals surface area contributed by atoms with Crippen LogP contribution in [-0.2, 0) is 0 Å². The highest BCUT2D eigenvalue weighted by Crippen LogP contribution is 2.27. The van der Waals surface area contributed by atoms with Gasteiger partial charge in [0.25, 0.3) is 0 Å². The Morgan fingerprint density at radius 2 is 1.63 bits per heavy atom. The number of rotatable bonds is 8. The molecule has 1 unspecified atom stereocenters. The Balaban J connectivity index is 1.45. The molecular formula is C25H34N2O3. The minimum atomic E-state index is -0.545. The lowest BCUT2D eigenvalue weighted by Gasteiger charge is -2.38. The monoisotopic (exact) mass is 410 g/mol. The van der Waals surface area contributed by atoms with E-state index in [4.69, 9.17) is 4.74 Å². The predicted octanol–water partition coefficient (Wildman–Crippen LogP) is 3.77. The van der Waals surface area contributed by atoms with Crippen LogP contribution in [0, 0.1) is 20.8 Å².